The molecule has 7 nitrogen and oxygen atoms in total. The molecule has 0 unspecified atom stereocenters. The van der Waals surface area contributed by atoms with E-state index in [1.807, 2.05) is 0 Å². The van der Waals surface area contributed by atoms with Gasteiger partial charge in [0.15, 0.2) is 5.69 Å². The zero-order valence-electron chi connectivity index (χ0n) is 15.6. The minimum Gasteiger partial charge on any atom is -0.374 e. The molecule has 0 aliphatic carbocycles. The Morgan fingerprint density at radius 2 is 2.08 bits per heavy atom. The molecule has 1 atom stereocenters. The van der Waals surface area contributed by atoms with Crippen LogP contribution in [0.2, 0.25) is 0 Å². The number of nitrogens with zero attached hydrogens (tertiary/aromatic N) is 3. The Bertz CT molecular complexity index is 846. The number of fused-ring (bicyclic) bond motifs is 1. The fourth-order valence-electron chi connectivity index (χ4n) is 3.34. The molecule has 1 saturated heterocycles. The number of ether oxygens (including phenoxy) is 1. The van der Waals surface area contributed by atoms with E-state index < -0.39 is 0 Å². The Morgan fingerprint density at radius 1 is 1.35 bits per heavy atom. The number of morpholine rings is 1. The third-order valence-electron chi connectivity index (χ3n) is 4.51. The van der Waals surface area contributed by atoms with Gasteiger partial charge in [-0.2, -0.15) is 5.10 Å². The molecule has 1 amide bonds. The van der Waals surface area contributed by atoms with Crippen LogP contribution in [0.25, 0.3) is 10.8 Å². The molecule has 2 aromatic rings. The maximum atomic E-state index is 12.7. The SMILES string of the molecule is CC(C)CN1CCO[C@H](CNC(=O)c2nn(C)c(=O)c3ccccc23)C1. The largest absolute Gasteiger partial charge is 0.374 e. The first-order chi connectivity index (χ1) is 12.5. The minimum absolute atomic E-state index is 0.0368. The third kappa shape index (κ3) is 4.11. The fraction of sp³-hybridized carbons (Fsp3) is 0.526. The van der Waals surface area contributed by atoms with Crippen molar-refractivity contribution in [3.63, 3.8) is 0 Å². The van der Waals surface area contributed by atoms with Gasteiger partial charge in [-0.15, -0.1) is 0 Å². The smallest absolute Gasteiger partial charge is 0.274 e. The molecular weight excluding hydrogens is 332 g/mol. The molecule has 2 heterocycles. The normalized spacial score (nSPS) is 18.4. The number of carbonyl (C=O) groups is 1. The highest BCUT2D eigenvalue weighted by Crippen LogP contribution is 2.13. The average Bonchev–Trinajstić information content (AvgIpc) is 2.62. The Kier molecular flexibility index (Phi) is 5.68. The second-order valence-corrected chi connectivity index (χ2v) is 7.18. The molecule has 1 aromatic heterocycles. The molecule has 1 aliphatic rings. The van der Waals surface area contributed by atoms with Crippen molar-refractivity contribution in [3.05, 3.63) is 40.3 Å². The summed E-state index contributed by atoms with van der Waals surface area (Å²) in [5.41, 5.74) is 0.0506. The van der Waals surface area contributed by atoms with E-state index in [-0.39, 0.29) is 23.3 Å². The van der Waals surface area contributed by atoms with E-state index in [1.54, 1.807) is 31.3 Å². The quantitative estimate of drug-likeness (QED) is 0.864. The molecule has 0 saturated carbocycles. The lowest BCUT2D eigenvalue weighted by Crippen LogP contribution is -2.48. The van der Waals surface area contributed by atoms with Gasteiger partial charge in [-0.25, -0.2) is 4.68 Å². The molecule has 140 valence electrons. The van der Waals surface area contributed by atoms with Crippen molar-refractivity contribution in [2.75, 3.05) is 32.8 Å². The van der Waals surface area contributed by atoms with Crippen LogP contribution in [0, 0.1) is 5.92 Å². The van der Waals surface area contributed by atoms with Gasteiger partial charge in [-0.1, -0.05) is 32.0 Å². The van der Waals surface area contributed by atoms with Crippen molar-refractivity contribution in [2.24, 2.45) is 13.0 Å². The number of aromatic nitrogens is 2. The molecule has 0 bridgehead atoms. The predicted octanol–water partition coefficient (Wildman–Crippen LogP) is 1.02. The molecular formula is C19H26N4O3. The number of hydrogen-bond acceptors (Lipinski definition) is 5. The van der Waals surface area contributed by atoms with Crippen LogP contribution in [-0.2, 0) is 11.8 Å². The Hall–Kier alpha value is -2.25. The van der Waals surface area contributed by atoms with Crippen LogP contribution in [0.3, 0.4) is 0 Å². The minimum atomic E-state index is -0.290. The molecule has 3 rings (SSSR count). The average molecular weight is 358 g/mol. The highest BCUT2D eigenvalue weighted by molar-refractivity contribution is 6.04. The molecule has 1 fully saturated rings. The van der Waals surface area contributed by atoms with Gasteiger partial charge in [0, 0.05) is 38.6 Å². The molecule has 1 aliphatic heterocycles. The van der Waals surface area contributed by atoms with Crippen LogP contribution in [0.1, 0.15) is 24.3 Å². The number of carbonyl (C=O) groups excluding carboxylic acids is 1. The summed E-state index contributed by atoms with van der Waals surface area (Å²) in [6.45, 7) is 8.25. The van der Waals surface area contributed by atoms with Crippen LogP contribution in [0.5, 0.6) is 0 Å². The first kappa shape index (κ1) is 18.5. The van der Waals surface area contributed by atoms with E-state index in [1.165, 1.54) is 4.68 Å². The van der Waals surface area contributed by atoms with E-state index in [0.29, 0.717) is 29.8 Å². The number of benzene rings is 1. The summed E-state index contributed by atoms with van der Waals surface area (Å²) in [6, 6.07) is 7.04. The highest BCUT2D eigenvalue weighted by atomic mass is 16.5. The standard InChI is InChI=1S/C19H26N4O3/c1-13(2)11-23-8-9-26-14(12-23)10-20-18(24)17-15-6-4-5-7-16(15)19(25)22(3)21-17/h4-7,13-14H,8-12H2,1-3H3,(H,20,24)/t14-/m1/s1. The van der Waals surface area contributed by atoms with Crippen LogP contribution >= 0.6 is 0 Å². The van der Waals surface area contributed by atoms with Gasteiger partial charge in [-0.3, -0.25) is 14.5 Å². The summed E-state index contributed by atoms with van der Waals surface area (Å²) in [5, 5.41) is 8.13. The van der Waals surface area contributed by atoms with Gasteiger partial charge < -0.3 is 10.1 Å². The predicted molar refractivity (Wildman–Crippen MR) is 100 cm³/mol. The summed E-state index contributed by atoms with van der Waals surface area (Å²) in [5.74, 6) is 0.311. The Morgan fingerprint density at radius 3 is 2.81 bits per heavy atom. The first-order valence-corrected chi connectivity index (χ1v) is 9.04. The zero-order valence-corrected chi connectivity index (χ0v) is 15.6. The molecule has 0 spiro atoms. The van der Waals surface area contributed by atoms with Gasteiger partial charge in [0.2, 0.25) is 0 Å². The molecule has 7 heteroatoms. The summed E-state index contributed by atoms with van der Waals surface area (Å²) < 4.78 is 6.98. The van der Waals surface area contributed by atoms with E-state index in [4.69, 9.17) is 4.74 Å². The highest BCUT2D eigenvalue weighted by Gasteiger charge is 2.22. The van der Waals surface area contributed by atoms with Crippen molar-refractivity contribution in [2.45, 2.75) is 20.0 Å². The van der Waals surface area contributed by atoms with Gasteiger partial charge in [0.25, 0.3) is 11.5 Å². The second kappa shape index (κ2) is 7.97. The summed E-state index contributed by atoms with van der Waals surface area (Å²) in [6.07, 6.45) is -0.0368. The topological polar surface area (TPSA) is 76.5 Å². The van der Waals surface area contributed by atoms with E-state index in [0.717, 1.165) is 19.6 Å². The maximum Gasteiger partial charge on any atom is 0.274 e. The van der Waals surface area contributed by atoms with Crippen molar-refractivity contribution in [3.8, 4) is 0 Å². The summed E-state index contributed by atoms with van der Waals surface area (Å²) in [4.78, 5) is 27.2. The van der Waals surface area contributed by atoms with Crippen molar-refractivity contribution < 1.29 is 9.53 Å². The van der Waals surface area contributed by atoms with Gasteiger partial charge in [0.05, 0.1) is 18.1 Å². The maximum absolute atomic E-state index is 12.7. The lowest BCUT2D eigenvalue weighted by Gasteiger charge is -2.33. The summed E-state index contributed by atoms with van der Waals surface area (Å²) >= 11 is 0. The molecule has 0 radical (unpaired) electrons. The number of amides is 1. The van der Waals surface area contributed by atoms with Crippen LogP contribution < -0.4 is 10.9 Å². The monoisotopic (exact) mass is 358 g/mol. The van der Waals surface area contributed by atoms with Crippen molar-refractivity contribution in [1.29, 1.82) is 0 Å². The lowest BCUT2D eigenvalue weighted by molar-refractivity contribution is -0.0295. The van der Waals surface area contributed by atoms with Crippen molar-refractivity contribution >= 4 is 16.7 Å². The zero-order chi connectivity index (χ0) is 18.7. The first-order valence-electron chi connectivity index (χ1n) is 9.04. The van der Waals surface area contributed by atoms with Crippen LogP contribution in [0.4, 0.5) is 0 Å². The van der Waals surface area contributed by atoms with E-state index in [9.17, 15) is 9.59 Å². The van der Waals surface area contributed by atoms with Gasteiger partial charge >= 0.3 is 0 Å². The number of rotatable bonds is 5. The number of hydrogen-bond donors (Lipinski definition) is 1. The Labute approximate surface area is 152 Å². The number of nitrogens with one attached hydrogen (secondary N) is 1. The Balaban J connectivity index is 1.70. The third-order valence-corrected chi connectivity index (χ3v) is 4.51. The van der Waals surface area contributed by atoms with Crippen LogP contribution in [-0.4, -0.2) is 59.5 Å². The molecule has 1 N–H and O–H groups in total. The molecule has 1 aromatic carbocycles. The fourth-order valence-corrected chi connectivity index (χ4v) is 3.34. The number of aryl methyl sites for hydroxylation is 1. The van der Waals surface area contributed by atoms with Gasteiger partial charge in [0.1, 0.15) is 0 Å². The molecule has 26 heavy (non-hydrogen) atoms. The van der Waals surface area contributed by atoms with E-state index >= 15 is 0 Å². The second-order valence-electron chi connectivity index (χ2n) is 7.18. The van der Waals surface area contributed by atoms with Crippen molar-refractivity contribution in [1.82, 2.24) is 20.0 Å². The van der Waals surface area contributed by atoms with Crippen LogP contribution in [0.15, 0.2) is 29.1 Å². The van der Waals surface area contributed by atoms with E-state index in [2.05, 4.69) is 29.2 Å². The summed E-state index contributed by atoms with van der Waals surface area (Å²) in [7, 11) is 1.56. The van der Waals surface area contributed by atoms with Gasteiger partial charge in [-0.05, 0) is 12.0 Å². The lowest BCUT2D eigenvalue weighted by atomic mass is 10.1.